The summed E-state index contributed by atoms with van der Waals surface area (Å²) < 4.78 is 40.1. The Balaban J connectivity index is 0.00000144. The molecule has 9 heteroatoms. The molecule has 1 aromatic rings. The lowest BCUT2D eigenvalue weighted by Gasteiger charge is -2.37. The third-order valence-corrected chi connectivity index (χ3v) is 4.19. The smallest absolute Gasteiger partial charge is 0.262 e. The molecule has 1 atom stereocenters. The minimum atomic E-state index is -2.81. The van der Waals surface area contributed by atoms with E-state index in [2.05, 4.69) is 5.32 Å². The number of para-hydroxylation sites is 1. The number of amides is 1. The number of alkyl halides is 2. The second-order valence-corrected chi connectivity index (χ2v) is 5.76. The SMILES string of the molecule is Cl.Cl.O=C(C1CC(F)(F)CN1)N1CCN(c2ccccc2F)CC1. The topological polar surface area (TPSA) is 35.6 Å². The van der Waals surface area contributed by atoms with E-state index in [0.717, 1.165) is 0 Å². The van der Waals surface area contributed by atoms with E-state index in [1.54, 1.807) is 23.1 Å². The van der Waals surface area contributed by atoms with E-state index in [9.17, 15) is 18.0 Å². The van der Waals surface area contributed by atoms with Crippen LogP contribution in [0.1, 0.15) is 6.42 Å². The molecule has 0 radical (unpaired) electrons. The first-order valence-corrected chi connectivity index (χ1v) is 7.36. The largest absolute Gasteiger partial charge is 0.366 e. The lowest BCUT2D eigenvalue weighted by molar-refractivity contribution is -0.134. The van der Waals surface area contributed by atoms with Gasteiger partial charge in [0.1, 0.15) is 5.82 Å². The van der Waals surface area contributed by atoms with Crippen LogP contribution in [-0.2, 0) is 4.79 Å². The molecule has 2 saturated heterocycles. The van der Waals surface area contributed by atoms with Gasteiger partial charge in [0, 0.05) is 32.6 Å². The number of anilines is 1. The van der Waals surface area contributed by atoms with E-state index in [1.807, 2.05) is 4.90 Å². The maximum absolute atomic E-state index is 13.7. The van der Waals surface area contributed by atoms with Crippen molar-refractivity contribution in [2.24, 2.45) is 0 Å². The zero-order chi connectivity index (χ0) is 15.7. The van der Waals surface area contributed by atoms with E-state index in [4.69, 9.17) is 0 Å². The fourth-order valence-electron chi connectivity index (χ4n) is 2.99. The van der Waals surface area contributed by atoms with Crippen LogP contribution in [-0.4, -0.2) is 55.5 Å². The molecule has 4 nitrogen and oxygen atoms in total. The summed E-state index contributed by atoms with van der Waals surface area (Å²) in [4.78, 5) is 15.7. The molecule has 0 aromatic heterocycles. The molecule has 24 heavy (non-hydrogen) atoms. The Morgan fingerprint density at radius 1 is 1.12 bits per heavy atom. The summed E-state index contributed by atoms with van der Waals surface area (Å²) in [5.41, 5.74) is 0.514. The van der Waals surface area contributed by atoms with E-state index in [0.29, 0.717) is 31.9 Å². The third kappa shape index (κ3) is 4.46. The van der Waals surface area contributed by atoms with Crippen molar-refractivity contribution in [2.45, 2.75) is 18.4 Å². The van der Waals surface area contributed by atoms with E-state index in [-0.39, 0.29) is 36.5 Å². The Bertz CT molecular complexity index is 569. The molecule has 0 saturated carbocycles. The van der Waals surface area contributed by atoms with Gasteiger partial charge < -0.3 is 9.80 Å². The minimum Gasteiger partial charge on any atom is -0.366 e. The molecule has 2 aliphatic heterocycles. The van der Waals surface area contributed by atoms with Gasteiger partial charge in [0.15, 0.2) is 0 Å². The fourth-order valence-corrected chi connectivity index (χ4v) is 2.99. The van der Waals surface area contributed by atoms with Crippen LogP contribution in [0.3, 0.4) is 0 Å². The second-order valence-electron chi connectivity index (χ2n) is 5.76. The molecule has 0 spiro atoms. The highest BCUT2D eigenvalue weighted by molar-refractivity contribution is 5.85. The maximum Gasteiger partial charge on any atom is 0.262 e. The number of benzene rings is 1. The lowest BCUT2D eigenvalue weighted by atomic mass is 10.1. The molecule has 2 heterocycles. The Hall–Kier alpha value is -1.18. The molecule has 1 aromatic carbocycles. The maximum atomic E-state index is 13.7. The summed E-state index contributed by atoms with van der Waals surface area (Å²) >= 11 is 0. The van der Waals surface area contributed by atoms with Gasteiger partial charge in [-0.05, 0) is 12.1 Å². The van der Waals surface area contributed by atoms with Gasteiger partial charge in [-0.2, -0.15) is 0 Å². The summed E-state index contributed by atoms with van der Waals surface area (Å²) in [6.07, 6.45) is -0.445. The van der Waals surface area contributed by atoms with Crippen LogP contribution in [0.25, 0.3) is 0 Å². The molecule has 1 amide bonds. The number of hydrogen-bond donors (Lipinski definition) is 1. The molecular formula is C15H20Cl2F3N3O. The summed E-state index contributed by atoms with van der Waals surface area (Å²) in [5, 5.41) is 2.58. The van der Waals surface area contributed by atoms with Crippen LogP contribution in [0.4, 0.5) is 18.9 Å². The van der Waals surface area contributed by atoms with Gasteiger partial charge in [0.2, 0.25) is 5.91 Å². The highest BCUT2D eigenvalue weighted by Crippen LogP contribution is 2.26. The van der Waals surface area contributed by atoms with E-state index >= 15 is 0 Å². The molecule has 0 bridgehead atoms. The van der Waals surface area contributed by atoms with Crippen molar-refractivity contribution >= 4 is 36.4 Å². The van der Waals surface area contributed by atoms with Gasteiger partial charge in [-0.25, -0.2) is 13.2 Å². The molecule has 136 valence electrons. The van der Waals surface area contributed by atoms with Crippen LogP contribution in [0.2, 0.25) is 0 Å². The number of hydrogen-bond acceptors (Lipinski definition) is 3. The normalized spacial score (nSPS) is 22.5. The van der Waals surface area contributed by atoms with Crippen LogP contribution in [0.15, 0.2) is 24.3 Å². The van der Waals surface area contributed by atoms with Gasteiger partial charge in [0.25, 0.3) is 5.92 Å². The van der Waals surface area contributed by atoms with E-state index < -0.39 is 24.9 Å². The quantitative estimate of drug-likeness (QED) is 0.848. The molecule has 1 N–H and O–H groups in total. The Kier molecular flexibility index (Phi) is 7.19. The molecule has 2 fully saturated rings. The van der Waals surface area contributed by atoms with Crippen molar-refractivity contribution in [3.63, 3.8) is 0 Å². The van der Waals surface area contributed by atoms with Crippen LogP contribution < -0.4 is 10.2 Å². The molecule has 2 aliphatic rings. The number of nitrogens with zero attached hydrogens (tertiary/aromatic N) is 2. The average molecular weight is 386 g/mol. The predicted molar refractivity (Wildman–Crippen MR) is 91.0 cm³/mol. The van der Waals surface area contributed by atoms with Gasteiger partial charge in [0.05, 0.1) is 18.3 Å². The Morgan fingerprint density at radius 2 is 1.75 bits per heavy atom. The minimum absolute atomic E-state index is 0. The number of piperazine rings is 1. The molecular weight excluding hydrogens is 366 g/mol. The van der Waals surface area contributed by atoms with Crippen LogP contribution in [0, 0.1) is 5.82 Å². The van der Waals surface area contributed by atoms with Crippen molar-refractivity contribution in [3.8, 4) is 0 Å². The monoisotopic (exact) mass is 385 g/mol. The van der Waals surface area contributed by atoms with Crippen molar-refractivity contribution in [3.05, 3.63) is 30.1 Å². The van der Waals surface area contributed by atoms with E-state index in [1.165, 1.54) is 6.07 Å². The highest BCUT2D eigenvalue weighted by atomic mass is 35.5. The average Bonchev–Trinajstić information content (AvgIpc) is 2.87. The van der Waals surface area contributed by atoms with Gasteiger partial charge in [-0.1, -0.05) is 12.1 Å². The first-order valence-electron chi connectivity index (χ1n) is 7.36. The zero-order valence-electron chi connectivity index (χ0n) is 12.9. The molecule has 0 aliphatic carbocycles. The van der Waals surface area contributed by atoms with Crippen molar-refractivity contribution in [1.29, 1.82) is 0 Å². The van der Waals surface area contributed by atoms with Crippen molar-refractivity contribution < 1.29 is 18.0 Å². The summed E-state index contributed by atoms with van der Waals surface area (Å²) in [5.74, 6) is -3.39. The lowest BCUT2D eigenvalue weighted by Crippen LogP contribution is -2.53. The number of halogens is 5. The zero-order valence-corrected chi connectivity index (χ0v) is 14.5. The van der Waals surface area contributed by atoms with Crippen molar-refractivity contribution in [1.82, 2.24) is 10.2 Å². The summed E-state index contributed by atoms with van der Waals surface area (Å²) in [7, 11) is 0. The standard InChI is InChI=1S/C15H18F3N3O.2ClH/c16-11-3-1-2-4-13(11)20-5-7-21(8-6-20)14(22)12-9-15(17,18)10-19-12;;/h1-4,12,19H,5-10H2;2*1H. The number of nitrogens with one attached hydrogen (secondary N) is 1. The number of rotatable bonds is 2. The molecule has 3 rings (SSSR count). The van der Waals surface area contributed by atoms with Crippen molar-refractivity contribution in [2.75, 3.05) is 37.6 Å². The highest BCUT2D eigenvalue weighted by Gasteiger charge is 2.43. The second kappa shape index (κ2) is 8.27. The number of carbonyl (C=O) groups is 1. The number of carbonyl (C=O) groups excluding carboxylic acids is 1. The first kappa shape index (κ1) is 20.9. The Labute approximate surface area is 151 Å². The molecule has 1 unspecified atom stereocenters. The third-order valence-electron chi connectivity index (χ3n) is 4.19. The van der Waals surface area contributed by atoms with Gasteiger partial charge in [-0.15, -0.1) is 24.8 Å². The Morgan fingerprint density at radius 3 is 2.29 bits per heavy atom. The van der Waals surface area contributed by atoms with Gasteiger partial charge in [-0.3, -0.25) is 10.1 Å². The fraction of sp³-hybridized carbons (Fsp3) is 0.533. The van der Waals surface area contributed by atoms with Crippen LogP contribution >= 0.6 is 24.8 Å². The predicted octanol–water partition coefficient (Wildman–Crippen LogP) is 2.32. The summed E-state index contributed by atoms with van der Waals surface area (Å²) in [6.45, 7) is 1.37. The van der Waals surface area contributed by atoms with Gasteiger partial charge >= 0.3 is 0 Å². The summed E-state index contributed by atoms with van der Waals surface area (Å²) in [6, 6.07) is 5.68. The van der Waals surface area contributed by atoms with Crippen LogP contribution in [0.5, 0.6) is 0 Å². The first-order chi connectivity index (χ1) is 10.5.